The molecule has 2 saturated heterocycles. The van der Waals surface area contributed by atoms with Crippen LogP contribution in [0.2, 0.25) is 0 Å². The maximum absolute atomic E-state index is 13.0. The van der Waals surface area contributed by atoms with Gasteiger partial charge in [-0.25, -0.2) is 4.79 Å². The maximum Gasteiger partial charge on any atom is 0.321 e. The molecule has 1 aromatic rings. The molecule has 0 spiro atoms. The smallest absolute Gasteiger partial charge is 0.321 e. The summed E-state index contributed by atoms with van der Waals surface area (Å²) in [6.07, 6.45) is 3.83. The molecule has 1 aromatic carbocycles. The van der Waals surface area contributed by atoms with Crippen molar-refractivity contribution in [2.75, 3.05) is 31.5 Å². The number of nitrogens with two attached hydrogens (primary N) is 1. The van der Waals surface area contributed by atoms with Crippen LogP contribution in [0.4, 0.5) is 10.5 Å². The van der Waals surface area contributed by atoms with E-state index in [0.717, 1.165) is 44.5 Å². The quantitative estimate of drug-likeness (QED) is 0.871. The number of likely N-dealkylation sites (tertiary alicyclic amines) is 2. The van der Waals surface area contributed by atoms with Crippen LogP contribution in [0, 0.1) is 11.8 Å². The lowest BCUT2D eigenvalue weighted by Crippen LogP contribution is -2.51. The van der Waals surface area contributed by atoms with Gasteiger partial charge in [0.1, 0.15) is 0 Å². The van der Waals surface area contributed by atoms with Gasteiger partial charge >= 0.3 is 6.03 Å². The van der Waals surface area contributed by atoms with Crippen LogP contribution in [0.3, 0.4) is 0 Å². The molecule has 3 rings (SSSR count). The highest BCUT2D eigenvalue weighted by Gasteiger charge is 2.34. The fourth-order valence-corrected chi connectivity index (χ4v) is 3.98. The van der Waals surface area contributed by atoms with E-state index in [-0.39, 0.29) is 23.9 Å². The van der Waals surface area contributed by atoms with Crippen LogP contribution in [-0.4, -0.2) is 54.0 Å². The second kappa shape index (κ2) is 8.54. The van der Waals surface area contributed by atoms with Crippen molar-refractivity contribution in [1.29, 1.82) is 0 Å². The predicted octanol–water partition coefficient (Wildman–Crippen LogP) is 2.52. The number of rotatable bonds is 3. The van der Waals surface area contributed by atoms with Crippen LogP contribution in [0.5, 0.6) is 0 Å². The van der Waals surface area contributed by atoms with Crippen LogP contribution < -0.4 is 11.1 Å². The SMILES string of the molecule is CC(N)C1CCCN(C(=O)C2CCCN(C(=O)Nc3ccccc3)C2)C1. The zero-order valence-electron chi connectivity index (χ0n) is 15.6. The summed E-state index contributed by atoms with van der Waals surface area (Å²) in [5, 5.41) is 2.92. The fourth-order valence-electron chi connectivity index (χ4n) is 3.98. The van der Waals surface area contributed by atoms with Crippen molar-refractivity contribution < 1.29 is 9.59 Å². The predicted molar refractivity (Wildman–Crippen MR) is 103 cm³/mol. The molecule has 2 aliphatic rings. The third-order valence-corrected chi connectivity index (χ3v) is 5.60. The summed E-state index contributed by atoms with van der Waals surface area (Å²) in [5.41, 5.74) is 6.82. The van der Waals surface area contributed by atoms with Gasteiger partial charge in [0.2, 0.25) is 5.91 Å². The molecule has 142 valence electrons. The molecule has 2 aliphatic heterocycles. The fraction of sp³-hybridized carbons (Fsp3) is 0.600. The van der Waals surface area contributed by atoms with E-state index in [1.54, 1.807) is 4.90 Å². The summed E-state index contributed by atoms with van der Waals surface area (Å²) in [6, 6.07) is 9.43. The molecule has 3 unspecified atom stereocenters. The van der Waals surface area contributed by atoms with Gasteiger partial charge in [-0.2, -0.15) is 0 Å². The van der Waals surface area contributed by atoms with E-state index < -0.39 is 0 Å². The van der Waals surface area contributed by atoms with Gasteiger partial charge in [0.15, 0.2) is 0 Å². The Bertz CT molecular complexity index is 619. The number of anilines is 1. The Morgan fingerprint density at radius 1 is 1.08 bits per heavy atom. The van der Waals surface area contributed by atoms with Gasteiger partial charge in [0, 0.05) is 37.9 Å². The molecule has 0 aliphatic carbocycles. The van der Waals surface area contributed by atoms with Crippen molar-refractivity contribution in [3.05, 3.63) is 30.3 Å². The minimum absolute atomic E-state index is 0.0999. The topological polar surface area (TPSA) is 78.7 Å². The minimum atomic E-state index is -0.124. The summed E-state index contributed by atoms with van der Waals surface area (Å²) in [5.74, 6) is 0.471. The van der Waals surface area contributed by atoms with Gasteiger partial charge in [-0.05, 0) is 50.7 Å². The lowest BCUT2D eigenvalue weighted by molar-refractivity contribution is -0.138. The van der Waals surface area contributed by atoms with E-state index in [0.29, 0.717) is 19.0 Å². The molecule has 3 atom stereocenters. The number of piperidine rings is 2. The Morgan fingerprint density at radius 3 is 2.50 bits per heavy atom. The van der Waals surface area contributed by atoms with Gasteiger partial charge in [-0.15, -0.1) is 0 Å². The van der Waals surface area contributed by atoms with Gasteiger partial charge in [0.25, 0.3) is 0 Å². The van der Waals surface area contributed by atoms with Crippen molar-refractivity contribution in [1.82, 2.24) is 9.80 Å². The standard InChI is InChI=1S/C20H30N4O2/c1-15(21)16-7-5-11-23(13-16)19(25)17-8-6-12-24(14-17)20(26)22-18-9-3-2-4-10-18/h2-4,9-10,15-17H,5-8,11-14,21H2,1H3,(H,22,26). The maximum atomic E-state index is 13.0. The molecule has 0 radical (unpaired) electrons. The van der Waals surface area contributed by atoms with E-state index in [9.17, 15) is 9.59 Å². The summed E-state index contributed by atoms with van der Waals surface area (Å²) in [4.78, 5) is 29.2. The summed E-state index contributed by atoms with van der Waals surface area (Å²) >= 11 is 0. The lowest BCUT2D eigenvalue weighted by Gasteiger charge is -2.39. The number of carbonyl (C=O) groups excluding carboxylic acids is 2. The van der Waals surface area contributed by atoms with Crippen LogP contribution >= 0.6 is 0 Å². The largest absolute Gasteiger partial charge is 0.342 e. The molecule has 2 fully saturated rings. The van der Waals surface area contributed by atoms with Crippen molar-refractivity contribution in [2.45, 2.75) is 38.6 Å². The van der Waals surface area contributed by atoms with Gasteiger partial charge < -0.3 is 20.9 Å². The zero-order valence-corrected chi connectivity index (χ0v) is 15.6. The summed E-state index contributed by atoms with van der Waals surface area (Å²) in [6.45, 7) is 4.79. The highest BCUT2D eigenvalue weighted by Crippen LogP contribution is 2.24. The highest BCUT2D eigenvalue weighted by molar-refractivity contribution is 5.90. The third kappa shape index (κ3) is 4.55. The minimum Gasteiger partial charge on any atom is -0.342 e. The number of nitrogens with one attached hydrogen (secondary N) is 1. The molecule has 6 heteroatoms. The molecule has 3 N–H and O–H groups in total. The molecule has 3 amide bonds. The number of urea groups is 1. The Labute approximate surface area is 155 Å². The van der Waals surface area contributed by atoms with Gasteiger partial charge in [-0.1, -0.05) is 18.2 Å². The normalized spacial score (nSPS) is 24.8. The van der Waals surface area contributed by atoms with E-state index in [4.69, 9.17) is 5.73 Å². The monoisotopic (exact) mass is 358 g/mol. The molecule has 6 nitrogen and oxygen atoms in total. The van der Waals surface area contributed by atoms with Gasteiger partial charge in [0.05, 0.1) is 5.92 Å². The van der Waals surface area contributed by atoms with E-state index >= 15 is 0 Å². The number of nitrogens with zero attached hydrogens (tertiary/aromatic N) is 2. The molecular weight excluding hydrogens is 328 g/mol. The Hall–Kier alpha value is -2.08. The number of hydrogen-bond acceptors (Lipinski definition) is 3. The third-order valence-electron chi connectivity index (χ3n) is 5.60. The number of para-hydroxylation sites is 1. The summed E-state index contributed by atoms with van der Waals surface area (Å²) in [7, 11) is 0. The van der Waals surface area contributed by atoms with E-state index in [2.05, 4.69) is 5.32 Å². The molecule has 0 saturated carbocycles. The molecular formula is C20H30N4O2. The average Bonchev–Trinajstić information content (AvgIpc) is 2.68. The van der Waals surface area contributed by atoms with Crippen molar-refractivity contribution in [2.24, 2.45) is 17.6 Å². The first kappa shape index (κ1) is 18.7. The first-order chi connectivity index (χ1) is 12.5. The van der Waals surface area contributed by atoms with Crippen LogP contribution in [0.1, 0.15) is 32.6 Å². The molecule has 0 bridgehead atoms. The molecule has 0 aromatic heterocycles. The van der Waals surface area contributed by atoms with Crippen molar-refractivity contribution in [3.63, 3.8) is 0 Å². The lowest BCUT2D eigenvalue weighted by atomic mass is 9.90. The first-order valence-corrected chi connectivity index (χ1v) is 9.70. The van der Waals surface area contributed by atoms with Crippen LogP contribution in [0.15, 0.2) is 30.3 Å². The first-order valence-electron chi connectivity index (χ1n) is 9.70. The van der Waals surface area contributed by atoms with Crippen molar-refractivity contribution >= 4 is 17.6 Å². The number of hydrogen-bond donors (Lipinski definition) is 2. The van der Waals surface area contributed by atoms with Crippen molar-refractivity contribution in [3.8, 4) is 0 Å². The Kier molecular flexibility index (Phi) is 6.14. The van der Waals surface area contributed by atoms with Crippen LogP contribution in [-0.2, 0) is 4.79 Å². The Morgan fingerprint density at radius 2 is 1.77 bits per heavy atom. The summed E-state index contributed by atoms with van der Waals surface area (Å²) < 4.78 is 0. The van der Waals surface area contributed by atoms with E-state index in [1.807, 2.05) is 42.2 Å². The highest BCUT2D eigenvalue weighted by atomic mass is 16.2. The average molecular weight is 358 g/mol. The second-order valence-corrected chi connectivity index (χ2v) is 7.63. The van der Waals surface area contributed by atoms with Crippen LogP contribution in [0.25, 0.3) is 0 Å². The number of amides is 3. The molecule has 26 heavy (non-hydrogen) atoms. The Balaban J connectivity index is 1.57. The number of carbonyl (C=O) groups is 2. The number of benzene rings is 1. The molecule has 2 heterocycles. The van der Waals surface area contributed by atoms with E-state index in [1.165, 1.54) is 0 Å². The zero-order chi connectivity index (χ0) is 18.5. The second-order valence-electron chi connectivity index (χ2n) is 7.63. The van der Waals surface area contributed by atoms with Gasteiger partial charge in [-0.3, -0.25) is 4.79 Å².